The lowest BCUT2D eigenvalue weighted by Crippen LogP contribution is -2.01. The molecule has 26 heavy (non-hydrogen) atoms. The summed E-state index contributed by atoms with van der Waals surface area (Å²) < 4.78 is 10.4. The average molecular weight is 435 g/mol. The number of carbonyl (C=O) groups is 1. The Morgan fingerprint density at radius 1 is 1.12 bits per heavy atom. The van der Waals surface area contributed by atoms with Crippen LogP contribution in [0.5, 0.6) is 5.75 Å². The molecule has 1 heterocycles. The van der Waals surface area contributed by atoms with Gasteiger partial charge in [0.05, 0.1) is 18.4 Å². The van der Waals surface area contributed by atoms with E-state index < -0.39 is 0 Å². The van der Waals surface area contributed by atoms with Crippen LogP contribution < -0.4 is 10.5 Å². The molecule has 0 spiro atoms. The molecule has 0 saturated heterocycles. The van der Waals surface area contributed by atoms with Gasteiger partial charge < -0.3 is 15.2 Å². The van der Waals surface area contributed by atoms with Crippen molar-refractivity contribution in [2.75, 3.05) is 12.8 Å². The van der Waals surface area contributed by atoms with E-state index in [4.69, 9.17) is 10.5 Å². The molecule has 1 aromatic heterocycles. The van der Waals surface area contributed by atoms with E-state index in [-0.39, 0.29) is 23.0 Å². The minimum Gasteiger partial charge on any atom is -0.489 e. The smallest absolute Gasteiger partial charge is 0.337 e. The Morgan fingerprint density at radius 3 is 2.31 bits per heavy atom. The van der Waals surface area contributed by atoms with Gasteiger partial charge in [0.25, 0.3) is 0 Å². The number of ether oxygens (including phenoxy) is 2. The highest BCUT2D eigenvalue weighted by Gasteiger charge is 2.08. The molecule has 3 aromatic rings. The van der Waals surface area contributed by atoms with Gasteiger partial charge in [-0.2, -0.15) is 0 Å². The van der Waals surface area contributed by atoms with Crippen LogP contribution in [0.4, 0.5) is 5.13 Å². The number of nitrogen functional groups attached to an aromatic ring is 1. The van der Waals surface area contributed by atoms with E-state index in [1.54, 1.807) is 24.3 Å². The Hall–Kier alpha value is -2.38. The van der Waals surface area contributed by atoms with Gasteiger partial charge in [-0.15, -0.1) is 28.3 Å². The fourth-order valence-electron chi connectivity index (χ4n) is 2.42. The number of carbonyl (C=O) groups excluding carboxylic acids is 1. The van der Waals surface area contributed by atoms with E-state index >= 15 is 0 Å². The molecule has 0 atom stereocenters. The maximum absolute atomic E-state index is 11.4. The Kier molecular flexibility index (Phi) is 6.76. The van der Waals surface area contributed by atoms with E-state index in [2.05, 4.69) is 9.72 Å². The molecule has 2 N–H and O–H groups in total. The van der Waals surface area contributed by atoms with Crippen LogP contribution in [0.2, 0.25) is 0 Å². The summed E-state index contributed by atoms with van der Waals surface area (Å²) in [5.41, 5.74) is 9.26. The first-order chi connectivity index (χ1) is 12.1. The zero-order valence-corrected chi connectivity index (χ0v) is 16.9. The fourth-order valence-corrected chi connectivity index (χ4v) is 3.13. The third-order valence-electron chi connectivity index (χ3n) is 3.72. The number of hydrogen-bond donors (Lipinski definition) is 1. The van der Waals surface area contributed by atoms with Gasteiger partial charge >= 0.3 is 5.97 Å². The van der Waals surface area contributed by atoms with Crippen molar-refractivity contribution in [2.45, 2.75) is 13.5 Å². The van der Waals surface area contributed by atoms with Crippen LogP contribution in [0.15, 0.2) is 48.5 Å². The van der Waals surface area contributed by atoms with Crippen molar-refractivity contribution in [1.82, 2.24) is 4.98 Å². The SMILES string of the molecule is Br.COC(=O)c1ccc(OCc2ccc(-c3nc(N)sc3C)cc2)cc1. The number of anilines is 1. The summed E-state index contributed by atoms with van der Waals surface area (Å²) in [6.45, 7) is 2.45. The maximum Gasteiger partial charge on any atom is 0.337 e. The second kappa shape index (κ2) is 8.82. The largest absolute Gasteiger partial charge is 0.489 e. The predicted octanol–water partition coefficient (Wildman–Crippen LogP) is 4.64. The molecule has 0 amide bonds. The molecule has 0 unspecified atom stereocenters. The number of aryl methyl sites for hydroxylation is 1. The van der Waals surface area contributed by atoms with Crippen LogP contribution in [0.3, 0.4) is 0 Å². The molecule has 0 aliphatic heterocycles. The van der Waals surface area contributed by atoms with Crippen molar-refractivity contribution in [3.8, 4) is 17.0 Å². The molecule has 2 aromatic carbocycles. The van der Waals surface area contributed by atoms with Gasteiger partial charge in [0.2, 0.25) is 0 Å². The first kappa shape index (κ1) is 19.9. The van der Waals surface area contributed by atoms with E-state index in [0.29, 0.717) is 23.1 Å². The molecule has 7 heteroatoms. The highest BCUT2D eigenvalue weighted by Crippen LogP contribution is 2.29. The first-order valence-electron chi connectivity index (χ1n) is 7.70. The highest BCUT2D eigenvalue weighted by molar-refractivity contribution is 8.93. The lowest BCUT2D eigenvalue weighted by atomic mass is 10.1. The van der Waals surface area contributed by atoms with Crippen molar-refractivity contribution in [3.63, 3.8) is 0 Å². The Morgan fingerprint density at radius 2 is 1.77 bits per heavy atom. The van der Waals surface area contributed by atoms with Gasteiger partial charge in [0.1, 0.15) is 12.4 Å². The van der Waals surface area contributed by atoms with Gasteiger partial charge in [-0.3, -0.25) is 0 Å². The van der Waals surface area contributed by atoms with Crippen LogP contribution in [0.1, 0.15) is 20.8 Å². The lowest BCUT2D eigenvalue weighted by molar-refractivity contribution is 0.0600. The number of nitrogens with two attached hydrogens (primary N) is 1. The molecule has 0 saturated carbocycles. The minimum absolute atomic E-state index is 0. The number of methoxy groups -OCH3 is 1. The zero-order valence-electron chi connectivity index (χ0n) is 14.4. The van der Waals surface area contributed by atoms with Crippen molar-refractivity contribution >= 4 is 39.4 Å². The molecule has 5 nitrogen and oxygen atoms in total. The standard InChI is InChI=1S/C19H18N2O3S.BrH/c1-12-17(21-19(20)25-12)14-5-3-13(4-6-14)11-24-16-9-7-15(8-10-16)18(22)23-2;/h3-10H,11H2,1-2H3,(H2,20,21);1H. The number of benzene rings is 2. The average Bonchev–Trinajstić information content (AvgIpc) is 2.98. The van der Waals surface area contributed by atoms with Crippen LogP contribution in [0.25, 0.3) is 11.3 Å². The molecule has 0 fully saturated rings. The molecular formula is C19H19BrN2O3S. The topological polar surface area (TPSA) is 74.4 Å². The minimum atomic E-state index is -0.361. The number of rotatable bonds is 5. The fraction of sp³-hybridized carbons (Fsp3) is 0.158. The normalized spacial score (nSPS) is 10.1. The van der Waals surface area contributed by atoms with Gasteiger partial charge in [-0.05, 0) is 36.8 Å². The Bertz CT molecular complexity index is 877. The van der Waals surface area contributed by atoms with Crippen molar-refractivity contribution < 1.29 is 14.3 Å². The van der Waals surface area contributed by atoms with E-state index in [1.807, 2.05) is 31.2 Å². The zero-order chi connectivity index (χ0) is 17.8. The summed E-state index contributed by atoms with van der Waals surface area (Å²) in [7, 11) is 1.36. The summed E-state index contributed by atoms with van der Waals surface area (Å²) in [5.74, 6) is 0.333. The number of halogens is 1. The predicted molar refractivity (Wildman–Crippen MR) is 109 cm³/mol. The molecule has 0 aliphatic carbocycles. The summed E-state index contributed by atoms with van der Waals surface area (Å²) in [4.78, 5) is 16.9. The van der Waals surface area contributed by atoms with E-state index in [9.17, 15) is 4.79 Å². The summed E-state index contributed by atoms with van der Waals surface area (Å²) >= 11 is 1.49. The molecule has 0 bridgehead atoms. The number of aromatic nitrogens is 1. The van der Waals surface area contributed by atoms with E-state index in [1.165, 1.54) is 18.4 Å². The highest BCUT2D eigenvalue weighted by atomic mass is 79.9. The molecule has 136 valence electrons. The number of esters is 1. The molecular weight excluding hydrogens is 416 g/mol. The van der Waals surface area contributed by atoms with Crippen molar-refractivity contribution in [2.24, 2.45) is 0 Å². The monoisotopic (exact) mass is 434 g/mol. The van der Waals surface area contributed by atoms with Crippen LogP contribution in [-0.4, -0.2) is 18.1 Å². The summed E-state index contributed by atoms with van der Waals surface area (Å²) in [6.07, 6.45) is 0. The van der Waals surface area contributed by atoms with Crippen molar-refractivity contribution in [1.29, 1.82) is 0 Å². The second-order valence-corrected chi connectivity index (χ2v) is 6.69. The van der Waals surface area contributed by atoms with Gasteiger partial charge in [-0.1, -0.05) is 24.3 Å². The number of nitrogens with zero attached hydrogens (tertiary/aromatic N) is 1. The maximum atomic E-state index is 11.4. The number of hydrogen-bond acceptors (Lipinski definition) is 6. The summed E-state index contributed by atoms with van der Waals surface area (Å²) in [5, 5.41) is 0.579. The van der Waals surface area contributed by atoms with Gasteiger partial charge in [0, 0.05) is 10.4 Å². The van der Waals surface area contributed by atoms with Gasteiger partial charge in [-0.25, -0.2) is 9.78 Å². The Labute approximate surface area is 166 Å². The number of thiazole rings is 1. The van der Waals surface area contributed by atoms with Crippen LogP contribution in [0, 0.1) is 6.92 Å². The molecule has 0 radical (unpaired) electrons. The van der Waals surface area contributed by atoms with Crippen molar-refractivity contribution in [3.05, 3.63) is 64.5 Å². The van der Waals surface area contributed by atoms with Crippen LogP contribution >= 0.6 is 28.3 Å². The first-order valence-corrected chi connectivity index (χ1v) is 8.52. The second-order valence-electron chi connectivity index (χ2n) is 5.46. The third-order valence-corrected chi connectivity index (χ3v) is 4.52. The molecule has 3 rings (SSSR count). The van der Waals surface area contributed by atoms with Crippen LogP contribution in [-0.2, 0) is 11.3 Å². The van der Waals surface area contributed by atoms with E-state index in [0.717, 1.165) is 21.7 Å². The summed E-state index contributed by atoms with van der Waals surface area (Å²) in [6, 6.07) is 14.9. The lowest BCUT2D eigenvalue weighted by Gasteiger charge is -2.08. The van der Waals surface area contributed by atoms with Gasteiger partial charge in [0.15, 0.2) is 5.13 Å². The third kappa shape index (κ3) is 4.62. The quantitative estimate of drug-likeness (QED) is 0.591. The molecule has 0 aliphatic rings. The Balaban J connectivity index is 0.00000243.